The maximum absolute atomic E-state index is 12.2. The van der Waals surface area contributed by atoms with Crippen LogP contribution in [0.25, 0.3) is 0 Å². The standard InChI is InChI=1S/C10H9N3O4S/c11-10-3-4-13(12-10)18(14,15)7-1-2-8-9(5-7)17-6-16-8/h1-5H,6H2,(H2,11,12). The average Bonchev–Trinajstić information content (AvgIpc) is 2.96. The van der Waals surface area contributed by atoms with Crippen LogP contribution >= 0.6 is 0 Å². The van der Waals surface area contributed by atoms with Gasteiger partial charge in [-0.1, -0.05) is 0 Å². The minimum absolute atomic E-state index is 0.0647. The number of nitrogens with two attached hydrogens (primary N) is 1. The monoisotopic (exact) mass is 267 g/mol. The zero-order valence-corrected chi connectivity index (χ0v) is 9.92. The van der Waals surface area contributed by atoms with Crippen LogP contribution in [0.15, 0.2) is 35.4 Å². The van der Waals surface area contributed by atoms with E-state index in [1.54, 1.807) is 6.07 Å². The highest BCUT2D eigenvalue weighted by molar-refractivity contribution is 7.89. The topological polar surface area (TPSA) is 96.4 Å². The Balaban J connectivity index is 2.09. The third-order valence-electron chi connectivity index (χ3n) is 2.48. The number of nitrogen functional groups attached to an aromatic ring is 1. The van der Waals surface area contributed by atoms with Crippen molar-refractivity contribution >= 4 is 15.8 Å². The van der Waals surface area contributed by atoms with Gasteiger partial charge in [0.2, 0.25) is 6.79 Å². The van der Waals surface area contributed by atoms with E-state index in [1.807, 2.05) is 0 Å². The Bertz CT molecular complexity index is 708. The van der Waals surface area contributed by atoms with E-state index < -0.39 is 10.0 Å². The Morgan fingerprint density at radius 1 is 1.22 bits per heavy atom. The number of nitrogens with zero attached hydrogens (tertiary/aromatic N) is 2. The van der Waals surface area contributed by atoms with Crippen LogP contribution in [-0.2, 0) is 10.0 Å². The highest BCUT2D eigenvalue weighted by Crippen LogP contribution is 2.34. The predicted molar refractivity (Wildman–Crippen MR) is 61.8 cm³/mol. The normalized spacial score (nSPS) is 13.8. The van der Waals surface area contributed by atoms with Crippen molar-refractivity contribution < 1.29 is 17.9 Å². The molecule has 0 unspecified atom stereocenters. The third-order valence-corrected chi connectivity index (χ3v) is 4.02. The predicted octanol–water partition coefficient (Wildman–Crippen LogP) is 0.431. The second-order valence-corrected chi connectivity index (χ2v) is 5.43. The van der Waals surface area contributed by atoms with Crippen molar-refractivity contribution in [3.63, 3.8) is 0 Å². The molecule has 2 N–H and O–H groups in total. The van der Waals surface area contributed by atoms with Gasteiger partial charge in [0.1, 0.15) is 5.82 Å². The zero-order valence-electron chi connectivity index (χ0n) is 9.11. The van der Waals surface area contributed by atoms with Crippen molar-refractivity contribution in [3.8, 4) is 11.5 Å². The molecule has 1 aromatic heterocycles. The molecule has 2 aromatic rings. The Kier molecular flexibility index (Phi) is 2.20. The number of rotatable bonds is 2. The molecule has 94 valence electrons. The molecule has 18 heavy (non-hydrogen) atoms. The van der Waals surface area contributed by atoms with E-state index in [9.17, 15) is 8.42 Å². The van der Waals surface area contributed by atoms with E-state index in [0.29, 0.717) is 11.5 Å². The minimum atomic E-state index is -3.75. The lowest BCUT2D eigenvalue weighted by Gasteiger charge is -2.04. The van der Waals surface area contributed by atoms with Crippen LogP contribution in [0.2, 0.25) is 0 Å². The summed E-state index contributed by atoms with van der Waals surface area (Å²) in [5, 5.41) is 3.69. The van der Waals surface area contributed by atoms with Crippen molar-refractivity contribution in [2.45, 2.75) is 4.90 Å². The molecule has 0 amide bonds. The molecule has 1 aliphatic heterocycles. The Hall–Kier alpha value is -2.22. The molecule has 0 bridgehead atoms. The molecule has 0 fully saturated rings. The molecule has 0 radical (unpaired) electrons. The minimum Gasteiger partial charge on any atom is -0.454 e. The molecule has 0 spiro atoms. The highest BCUT2D eigenvalue weighted by Gasteiger charge is 2.22. The quantitative estimate of drug-likeness (QED) is 0.847. The van der Waals surface area contributed by atoms with Crippen molar-refractivity contribution in [1.29, 1.82) is 0 Å². The first kappa shape index (κ1) is 10.9. The van der Waals surface area contributed by atoms with Crippen LogP contribution in [0.5, 0.6) is 11.5 Å². The lowest BCUT2D eigenvalue weighted by atomic mass is 10.3. The number of fused-ring (bicyclic) bond motifs is 1. The molecule has 7 nitrogen and oxygen atoms in total. The number of hydrogen-bond acceptors (Lipinski definition) is 6. The van der Waals surface area contributed by atoms with Gasteiger partial charge in [0, 0.05) is 18.3 Å². The second kappa shape index (κ2) is 3.64. The lowest BCUT2D eigenvalue weighted by Crippen LogP contribution is -2.13. The molecule has 0 saturated heterocycles. The lowest BCUT2D eigenvalue weighted by molar-refractivity contribution is 0.174. The summed E-state index contributed by atoms with van der Waals surface area (Å²) in [7, 11) is -3.75. The summed E-state index contributed by atoms with van der Waals surface area (Å²) in [6, 6.07) is 5.78. The summed E-state index contributed by atoms with van der Waals surface area (Å²) < 4.78 is 35.5. The van der Waals surface area contributed by atoms with Crippen LogP contribution in [-0.4, -0.2) is 24.4 Å². The molecular formula is C10H9N3O4S. The van der Waals surface area contributed by atoms with E-state index >= 15 is 0 Å². The molecule has 1 aromatic carbocycles. The molecule has 0 aliphatic carbocycles. The number of aromatic nitrogens is 2. The molecule has 0 atom stereocenters. The van der Waals surface area contributed by atoms with Gasteiger partial charge in [0.15, 0.2) is 11.5 Å². The van der Waals surface area contributed by atoms with Crippen LogP contribution in [0.4, 0.5) is 5.82 Å². The fourth-order valence-electron chi connectivity index (χ4n) is 1.60. The zero-order chi connectivity index (χ0) is 12.8. The largest absolute Gasteiger partial charge is 0.454 e. The molecule has 8 heteroatoms. The summed E-state index contributed by atoms with van der Waals surface area (Å²) >= 11 is 0. The third kappa shape index (κ3) is 1.58. The van der Waals surface area contributed by atoms with Gasteiger partial charge in [-0.05, 0) is 12.1 Å². The number of anilines is 1. The van der Waals surface area contributed by atoms with Gasteiger partial charge in [-0.3, -0.25) is 0 Å². The number of benzene rings is 1. The summed E-state index contributed by atoms with van der Waals surface area (Å²) in [6.45, 7) is 0.0908. The van der Waals surface area contributed by atoms with E-state index in [-0.39, 0.29) is 17.5 Å². The summed E-state index contributed by atoms with van der Waals surface area (Å²) in [5.41, 5.74) is 5.40. The molecule has 1 aliphatic rings. The van der Waals surface area contributed by atoms with Gasteiger partial charge in [0.25, 0.3) is 10.0 Å². The Morgan fingerprint density at radius 3 is 2.72 bits per heavy atom. The SMILES string of the molecule is Nc1ccn(S(=O)(=O)c2ccc3c(c2)OCO3)n1. The maximum atomic E-state index is 12.2. The van der Waals surface area contributed by atoms with Crippen molar-refractivity contribution in [2.24, 2.45) is 0 Å². The van der Waals surface area contributed by atoms with E-state index in [1.165, 1.54) is 24.4 Å². The average molecular weight is 267 g/mol. The van der Waals surface area contributed by atoms with Crippen molar-refractivity contribution in [1.82, 2.24) is 9.19 Å². The van der Waals surface area contributed by atoms with Gasteiger partial charge < -0.3 is 15.2 Å². The van der Waals surface area contributed by atoms with Crippen molar-refractivity contribution in [3.05, 3.63) is 30.5 Å². The summed E-state index contributed by atoms with van der Waals surface area (Å²) in [4.78, 5) is 0.0647. The number of ether oxygens (including phenoxy) is 2. The molecule has 2 heterocycles. The fraction of sp³-hybridized carbons (Fsp3) is 0.100. The molecule has 0 saturated carbocycles. The van der Waals surface area contributed by atoms with Crippen molar-refractivity contribution in [2.75, 3.05) is 12.5 Å². The molecular weight excluding hydrogens is 258 g/mol. The van der Waals surface area contributed by atoms with E-state index in [0.717, 1.165) is 4.09 Å². The second-order valence-electron chi connectivity index (χ2n) is 3.63. The first-order valence-electron chi connectivity index (χ1n) is 5.04. The van der Waals surface area contributed by atoms with Gasteiger partial charge in [-0.25, -0.2) is 0 Å². The van der Waals surface area contributed by atoms with Crippen LogP contribution in [0.1, 0.15) is 0 Å². The fourth-order valence-corrected chi connectivity index (χ4v) is 2.73. The van der Waals surface area contributed by atoms with E-state index in [4.69, 9.17) is 15.2 Å². The highest BCUT2D eigenvalue weighted by atomic mass is 32.2. The molecule has 3 rings (SSSR count). The smallest absolute Gasteiger partial charge is 0.283 e. The maximum Gasteiger partial charge on any atom is 0.283 e. The Labute approximate surface area is 103 Å². The van der Waals surface area contributed by atoms with Crippen LogP contribution in [0.3, 0.4) is 0 Å². The first-order chi connectivity index (χ1) is 8.57. The van der Waals surface area contributed by atoms with Gasteiger partial charge >= 0.3 is 0 Å². The summed E-state index contributed by atoms with van der Waals surface area (Å²) in [6.07, 6.45) is 1.29. The van der Waals surface area contributed by atoms with Gasteiger partial charge in [0.05, 0.1) is 4.90 Å². The van der Waals surface area contributed by atoms with E-state index in [2.05, 4.69) is 5.10 Å². The van der Waals surface area contributed by atoms with Crippen LogP contribution in [0, 0.1) is 0 Å². The van der Waals surface area contributed by atoms with Crippen LogP contribution < -0.4 is 15.2 Å². The van der Waals surface area contributed by atoms with Gasteiger partial charge in [-0.15, -0.1) is 5.10 Å². The number of hydrogen-bond donors (Lipinski definition) is 1. The Morgan fingerprint density at radius 2 is 2.00 bits per heavy atom. The summed E-state index contributed by atoms with van der Waals surface area (Å²) in [5.74, 6) is 1.06. The van der Waals surface area contributed by atoms with Gasteiger partial charge in [-0.2, -0.15) is 12.5 Å². The first-order valence-corrected chi connectivity index (χ1v) is 6.48.